The van der Waals surface area contributed by atoms with Crippen molar-refractivity contribution >= 4 is 44.6 Å². The maximum absolute atomic E-state index is 15.4. The lowest BCUT2D eigenvalue weighted by Gasteiger charge is -2.44. The Morgan fingerprint density at radius 2 is 0.721 bits per heavy atom. The highest BCUT2D eigenvalue weighted by Crippen LogP contribution is 2.31. The Bertz CT molecular complexity index is 2870. The number of nitro groups is 1. The topological polar surface area (TPSA) is 64.1 Å². The maximum atomic E-state index is 15.4. The lowest BCUT2D eigenvalue weighted by atomic mass is 9.12. The minimum Gasteiger partial charge on any atom is -0.287 e. The van der Waals surface area contributed by atoms with Gasteiger partial charge in [-0.25, -0.2) is 87.8 Å². The van der Waals surface area contributed by atoms with Crippen molar-refractivity contribution in [1.82, 2.24) is 0 Å². The van der Waals surface area contributed by atoms with Crippen molar-refractivity contribution in [2.75, 3.05) is 0 Å². The van der Waals surface area contributed by atoms with Crippen LogP contribution in [0.2, 0.25) is 0 Å². The minimum atomic E-state index is -7.22. The minimum absolute atomic E-state index is 0.0736. The van der Waals surface area contributed by atoms with Crippen LogP contribution in [-0.2, 0) is 13.1 Å². The molecular formula is C42H15BF20N2O3. The van der Waals surface area contributed by atoms with Crippen molar-refractivity contribution in [3.05, 3.63) is 205 Å². The van der Waals surface area contributed by atoms with Crippen LogP contribution in [0.15, 0.2) is 66.9 Å². The van der Waals surface area contributed by atoms with Gasteiger partial charge in [-0.1, -0.05) is 48.5 Å². The van der Waals surface area contributed by atoms with Gasteiger partial charge in [0, 0.05) is 16.6 Å². The molecule has 0 aliphatic rings. The Balaban J connectivity index is 0.000000276. The number of carbonyl (C=O) groups excluding carboxylic acids is 1. The van der Waals surface area contributed by atoms with Crippen molar-refractivity contribution in [1.29, 1.82) is 0 Å². The van der Waals surface area contributed by atoms with Gasteiger partial charge in [0.25, 0.3) is 12.2 Å². The molecule has 1 aromatic heterocycles. The molecule has 1 heterocycles. The van der Waals surface area contributed by atoms with Gasteiger partial charge in [0.2, 0.25) is 12.3 Å². The second-order valence-corrected chi connectivity index (χ2v) is 14.1. The fourth-order valence-electron chi connectivity index (χ4n) is 7.51. The number of benzene rings is 6. The van der Waals surface area contributed by atoms with Crippen LogP contribution in [0.25, 0.3) is 10.8 Å². The molecule has 0 saturated carbocycles. The highest BCUT2D eigenvalue weighted by atomic mass is 19.2. The van der Waals surface area contributed by atoms with E-state index in [4.69, 9.17) is 0 Å². The number of Topliss-reactive ketones (excluding diaryl/α,β-unsaturated/α-hetero) is 1. The summed E-state index contributed by atoms with van der Waals surface area (Å²) < 4.78 is 296. The number of carbonyl (C=O) groups is 1. The molecule has 5 nitrogen and oxygen atoms in total. The van der Waals surface area contributed by atoms with E-state index in [1.54, 1.807) is 35.0 Å². The number of aromatic nitrogens is 1. The molecular weight excluding hydrogens is 971 g/mol. The van der Waals surface area contributed by atoms with Gasteiger partial charge in [-0.2, -0.15) is 4.57 Å². The van der Waals surface area contributed by atoms with Gasteiger partial charge in [-0.15, -0.1) is 21.9 Å². The summed E-state index contributed by atoms with van der Waals surface area (Å²) in [6, 6.07) is 18.3. The smallest absolute Gasteiger partial charge is 0.286 e. The molecule has 0 bridgehead atoms. The average Bonchev–Trinajstić information content (AvgIpc) is 3.32. The summed E-state index contributed by atoms with van der Waals surface area (Å²) in [5.74, 6) is -71.5. The average molecular weight is 986 g/mol. The molecule has 0 aliphatic heterocycles. The molecule has 7 rings (SSSR count). The van der Waals surface area contributed by atoms with Crippen molar-refractivity contribution < 1.29 is 102 Å². The number of hydrogen-bond acceptors (Lipinski definition) is 3. The van der Waals surface area contributed by atoms with E-state index in [9.17, 15) is 67.6 Å². The maximum Gasteiger partial charge on any atom is 0.286 e. The number of nitrogens with zero attached hydrogens (tertiary/aromatic N) is 2. The van der Waals surface area contributed by atoms with Gasteiger partial charge < -0.3 is 0 Å². The van der Waals surface area contributed by atoms with Gasteiger partial charge in [0.15, 0.2) is 76.0 Å². The second kappa shape index (κ2) is 18.6. The molecule has 68 heavy (non-hydrogen) atoms. The Morgan fingerprint density at radius 3 is 1.04 bits per heavy atom. The quantitative estimate of drug-likeness (QED) is 0.0213. The van der Waals surface area contributed by atoms with Crippen LogP contribution in [0.3, 0.4) is 0 Å². The standard InChI is InChI=1S/C24BF20.C18H15N2O3/c26-5-1(6(27)14(35)21(42)13(5)34)25(2-7(28)15(36)22(43)16(37)8(2)29,3-9(30)17(38)23(44)18(39)10(3)31)4-11(32)19(40)24(45)20(41)12(4)33;21-18(15-7-2-1-3-8-15)13-19-11-10-14-6-4-5-9-16(14)17(19)12-20(22)23/h;1-11H,12-13H2/q-1;+1. The highest BCUT2D eigenvalue weighted by Gasteiger charge is 2.52. The largest absolute Gasteiger partial charge is 0.287 e. The molecule has 0 fully saturated rings. The highest BCUT2D eigenvalue weighted by molar-refractivity contribution is 7.20. The number of rotatable bonds is 9. The van der Waals surface area contributed by atoms with Gasteiger partial charge in [0.05, 0.1) is 5.39 Å². The third kappa shape index (κ3) is 7.89. The van der Waals surface area contributed by atoms with E-state index in [1.807, 2.05) is 36.4 Å². The monoisotopic (exact) mass is 986 g/mol. The second-order valence-electron chi connectivity index (χ2n) is 14.1. The van der Waals surface area contributed by atoms with Crippen LogP contribution < -0.4 is 26.4 Å². The Morgan fingerprint density at radius 1 is 0.426 bits per heavy atom. The molecule has 6 aromatic carbocycles. The molecule has 0 radical (unpaired) electrons. The van der Waals surface area contributed by atoms with Gasteiger partial charge in [0.1, 0.15) is 52.7 Å². The van der Waals surface area contributed by atoms with E-state index < -0.39 is 144 Å². The number of halogens is 20. The molecule has 26 heteroatoms. The van der Waals surface area contributed by atoms with Crippen LogP contribution in [0.4, 0.5) is 87.8 Å². The molecule has 0 N–H and O–H groups in total. The van der Waals surface area contributed by atoms with Crippen LogP contribution in [0.5, 0.6) is 0 Å². The van der Waals surface area contributed by atoms with E-state index in [0.29, 0.717) is 11.3 Å². The Labute approximate surface area is 364 Å². The summed E-state index contributed by atoms with van der Waals surface area (Å²) in [6.45, 7) is -0.235. The van der Waals surface area contributed by atoms with Crippen molar-refractivity contribution in [3.63, 3.8) is 0 Å². The molecule has 0 amide bonds. The molecule has 0 aliphatic carbocycles. The zero-order valence-corrected chi connectivity index (χ0v) is 32.5. The van der Waals surface area contributed by atoms with E-state index in [0.717, 1.165) is 10.8 Å². The Hall–Kier alpha value is -7.54. The number of fused-ring (bicyclic) bond motifs is 1. The molecule has 0 unspecified atom stereocenters. The first-order chi connectivity index (χ1) is 31.8. The Kier molecular flexibility index (Phi) is 13.7. The molecule has 0 atom stereocenters. The summed E-state index contributed by atoms with van der Waals surface area (Å²) in [6.07, 6.45) is -5.48. The van der Waals surface area contributed by atoms with Crippen LogP contribution >= 0.6 is 0 Å². The lowest BCUT2D eigenvalue weighted by molar-refractivity contribution is -0.702. The molecule has 7 aromatic rings. The van der Waals surface area contributed by atoms with E-state index in [1.165, 1.54) is 0 Å². The number of pyridine rings is 1. The van der Waals surface area contributed by atoms with Gasteiger partial charge in [-0.3, -0.25) is 14.9 Å². The predicted octanol–water partition coefficient (Wildman–Crippen LogP) is 8.63. The van der Waals surface area contributed by atoms with Gasteiger partial charge in [-0.05, 0) is 11.5 Å². The fraction of sp³-hybridized carbons (Fsp3) is 0.0476. The summed E-state index contributed by atoms with van der Waals surface area (Å²) >= 11 is 0. The summed E-state index contributed by atoms with van der Waals surface area (Å²) in [5, 5.41) is 12.8. The van der Waals surface area contributed by atoms with E-state index in [-0.39, 0.29) is 23.8 Å². The first-order valence-corrected chi connectivity index (χ1v) is 18.2. The van der Waals surface area contributed by atoms with Crippen molar-refractivity contribution in [2.24, 2.45) is 0 Å². The number of ketones is 1. The lowest BCUT2D eigenvalue weighted by Crippen LogP contribution is -2.81. The molecule has 0 spiro atoms. The van der Waals surface area contributed by atoms with Crippen LogP contribution in [0.1, 0.15) is 16.1 Å². The van der Waals surface area contributed by atoms with Gasteiger partial charge >= 0.3 is 0 Å². The van der Waals surface area contributed by atoms with E-state index in [2.05, 4.69) is 0 Å². The first kappa shape index (κ1) is 49.9. The molecule has 354 valence electrons. The molecule has 0 saturated heterocycles. The summed E-state index contributed by atoms with van der Waals surface area (Å²) in [5.41, 5.74) is -13.2. The normalized spacial score (nSPS) is 11.5. The SMILES string of the molecule is Fc1c(F)c(F)c([B-](c2c(F)c(F)c(F)c(F)c2F)(c2c(F)c(F)c(F)c(F)c2F)c2c(F)c(F)c(F)c(F)c2F)c(F)c1F.O=C(C[n+]1ccc2ccccc2c1C[N+](=O)[O-])c1ccccc1. The van der Waals surface area contributed by atoms with Crippen molar-refractivity contribution in [2.45, 2.75) is 13.1 Å². The summed E-state index contributed by atoms with van der Waals surface area (Å²) in [7, 11) is 0. The summed E-state index contributed by atoms with van der Waals surface area (Å²) in [4.78, 5) is 23.1. The third-order valence-corrected chi connectivity index (χ3v) is 10.4. The number of hydrogen-bond donors (Lipinski definition) is 0. The van der Waals surface area contributed by atoms with E-state index >= 15 is 35.1 Å². The van der Waals surface area contributed by atoms with Crippen LogP contribution in [-0.4, -0.2) is 16.9 Å². The van der Waals surface area contributed by atoms with Crippen molar-refractivity contribution in [3.8, 4) is 0 Å². The predicted molar refractivity (Wildman–Crippen MR) is 195 cm³/mol. The fourth-order valence-corrected chi connectivity index (χ4v) is 7.51. The van der Waals surface area contributed by atoms with Crippen LogP contribution in [0, 0.1) is 126 Å². The third-order valence-electron chi connectivity index (χ3n) is 10.4. The first-order valence-electron chi connectivity index (χ1n) is 18.2. The zero-order chi connectivity index (χ0) is 50.6. The zero-order valence-electron chi connectivity index (χ0n) is 32.5.